The molecule has 0 fully saturated rings. The fraction of sp³-hybridized carbons (Fsp3) is 0.111. The van der Waals surface area contributed by atoms with Crippen molar-refractivity contribution in [2.45, 2.75) is 0 Å². The number of rotatable bonds is 2. The summed E-state index contributed by atoms with van der Waals surface area (Å²) >= 11 is 0. The second kappa shape index (κ2) is 4.89. The van der Waals surface area contributed by atoms with Crippen molar-refractivity contribution in [1.29, 1.82) is 5.26 Å². The molecule has 0 radical (unpaired) electrons. The van der Waals surface area contributed by atoms with Crippen LogP contribution in [-0.4, -0.2) is 23.6 Å². The monoisotopic (exact) mass is 303 g/mol. The topological polar surface area (TPSA) is 59.5 Å². The lowest BCUT2D eigenvalue weighted by atomic mass is 10.1. The maximum atomic E-state index is 9.49. The first kappa shape index (κ1) is 13.4. The lowest BCUT2D eigenvalue weighted by Crippen LogP contribution is -1.98. The minimum atomic E-state index is 0.529. The zero-order valence-corrected chi connectivity index (χ0v) is 12.7. The summed E-state index contributed by atoms with van der Waals surface area (Å²) in [7, 11) is 3.22. The van der Waals surface area contributed by atoms with Gasteiger partial charge in [0.25, 0.3) is 0 Å². The third-order valence-corrected chi connectivity index (χ3v) is 4.00. The van der Waals surface area contributed by atoms with Crippen LogP contribution in [0.4, 0.5) is 0 Å². The van der Waals surface area contributed by atoms with Crippen LogP contribution < -0.4 is 9.47 Å². The number of nitriles is 1. The van der Waals surface area contributed by atoms with Crippen LogP contribution in [0.2, 0.25) is 0 Å². The molecule has 0 saturated heterocycles. The predicted molar refractivity (Wildman–Crippen MR) is 88.0 cm³/mol. The largest absolute Gasteiger partial charge is 0.493 e. The van der Waals surface area contributed by atoms with Crippen LogP contribution >= 0.6 is 0 Å². The van der Waals surface area contributed by atoms with Gasteiger partial charge in [-0.05, 0) is 30.3 Å². The van der Waals surface area contributed by atoms with Gasteiger partial charge in [0.1, 0.15) is 11.6 Å². The molecule has 2 aromatic heterocycles. The summed E-state index contributed by atoms with van der Waals surface area (Å²) in [6.07, 6.45) is 0. The van der Waals surface area contributed by atoms with Crippen LogP contribution in [0, 0.1) is 11.3 Å². The number of pyridine rings is 1. The van der Waals surface area contributed by atoms with Crippen molar-refractivity contribution in [3.63, 3.8) is 0 Å². The molecule has 0 aliphatic heterocycles. The van der Waals surface area contributed by atoms with Crippen molar-refractivity contribution in [3.8, 4) is 17.6 Å². The van der Waals surface area contributed by atoms with Gasteiger partial charge in [0, 0.05) is 5.39 Å². The lowest BCUT2D eigenvalue weighted by molar-refractivity contribution is 0.358. The highest BCUT2D eigenvalue weighted by Gasteiger charge is 2.17. The molecule has 2 aromatic carbocycles. The molecule has 4 aromatic rings. The Labute approximate surface area is 132 Å². The minimum absolute atomic E-state index is 0.529. The number of para-hydroxylation sites is 2. The van der Waals surface area contributed by atoms with Crippen LogP contribution in [0.25, 0.3) is 27.6 Å². The fourth-order valence-corrected chi connectivity index (χ4v) is 3.01. The summed E-state index contributed by atoms with van der Waals surface area (Å²) in [5, 5.41) is 10.4. The number of nitrogens with zero attached hydrogens (tertiary/aromatic N) is 3. The van der Waals surface area contributed by atoms with Crippen molar-refractivity contribution >= 4 is 27.6 Å². The van der Waals surface area contributed by atoms with Gasteiger partial charge in [0.15, 0.2) is 17.1 Å². The van der Waals surface area contributed by atoms with Crippen LogP contribution in [0.3, 0.4) is 0 Å². The molecule has 5 heteroatoms. The Morgan fingerprint density at radius 1 is 1.09 bits per heavy atom. The number of benzene rings is 2. The minimum Gasteiger partial charge on any atom is -0.493 e. The van der Waals surface area contributed by atoms with Crippen LogP contribution in [0.1, 0.15) is 5.56 Å². The fourth-order valence-electron chi connectivity index (χ4n) is 3.01. The molecule has 0 N–H and O–H groups in total. The van der Waals surface area contributed by atoms with E-state index in [-0.39, 0.29) is 0 Å². The van der Waals surface area contributed by atoms with Crippen LogP contribution in [-0.2, 0) is 0 Å². The third-order valence-electron chi connectivity index (χ3n) is 4.00. The Balaban J connectivity index is 2.36. The van der Waals surface area contributed by atoms with Gasteiger partial charge in [0.05, 0.1) is 30.8 Å². The van der Waals surface area contributed by atoms with E-state index in [0.29, 0.717) is 22.7 Å². The van der Waals surface area contributed by atoms with E-state index in [4.69, 9.17) is 9.47 Å². The second-order valence-electron chi connectivity index (χ2n) is 5.17. The number of hydrogen-bond donors (Lipinski definition) is 0. The van der Waals surface area contributed by atoms with Gasteiger partial charge < -0.3 is 9.47 Å². The maximum Gasteiger partial charge on any atom is 0.185 e. The van der Waals surface area contributed by atoms with E-state index in [0.717, 1.165) is 21.9 Å². The van der Waals surface area contributed by atoms with Gasteiger partial charge in [0.2, 0.25) is 0 Å². The molecular formula is C18H13N3O2. The Bertz CT molecular complexity index is 1110. The Kier molecular flexibility index (Phi) is 2.85. The Hall–Kier alpha value is -3.26. The molecule has 4 rings (SSSR count). The van der Waals surface area contributed by atoms with Gasteiger partial charge in [-0.2, -0.15) is 5.26 Å². The van der Waals surface area contributed by atoms with E-state index in [1.165, 1.54) is 0 Å². The molecule has 0 spiro atoms. The summed E-state index contributed by atoms with van der Waals surface area (Å²) in [5.74, 6) is 1.27. The first-order valence-electron chi connectivity index (χ1n) is 7.13. The van der Waals surface area contributed by atoms with Crippen molar-refractivity contribution in [2.75, 3.05) is 14.2 Å². The number of methoxy groups -OCH3 is 2. The van der Waals surface area contributed by atoms with Gasteiger partial charge in [-0.1, -0.05) is 12.1 Å². The van der Waals surface area contributed by atoms with Crippen LogP contribution in [0.5, 0.6) is 11.5 Å². The van der Waals surface area contributed by atoms with Gasteiger partial charge >= 0.3 is 0 Å². The second-order valence-corrected chi connectivity index (χ2v) is 5.17. The smallest absolute Gasteiger partial charge is 0.185 e. The van der Waals surface area contributed by atoms with Crippen molar-refractivity contribution < 1.29 is 9.47 Å². The molecule has 0 unspecified atom stereocenters. The summed E-state index contributed by atoms with van der Waals surface area (Å²) in [4.78, 5) is 4.61. The van der Waals surface area contributed by atoms with E-state index in [9.17, 15) is 5.26 Å². The third kappa shape index (κ3) is 1.75. The molecule has 0 amide bonds. The van der Waals surface area contributed by atoms with Crippen molar-refractivity contribution in [1.82, 2.24) is 9.38 Å². The van der Waals surface area contributed by atoms with E-state index in [1.54, 1.807) is 14.2 Å². The highest BCUT2D eigenvalue weighted by molar-refractivity contribution is 5.97. The molecule has 23 heavy (non-hydrogen) atoms. The molecule has 2 heterocycles. The molecule has 0 aliphatic rings. The number of imidazole rings is 1. The number of fused-ring (bicyclic) bond motifs is 5. The normalized spacial score (nSPS) is 11.0. The van der Waals surface area contributed by atoms with E-state index in [1.807, 2.05) is 46.9 Å². The lowest BCUT2D eigenvalue weighted by Gasteiger charge is -2.13. The number of ether oxygens (including phenoxy) is 2. The summed E-state index contributed by atoms with van der Waals surface area (Å²) in [6.45, 7) is 0. The average molecular weight is 303 g/mol. The van der Waals surface area contributed by atoms with E-state index < -0.39 is 0 Å². The average Bonchev–Trinajstić information content (AvgIpc) is 2.99. The zero-order valence-electron chi connectivity index (χ0n) is 12.7. The summed E-state index contributed by atoms with van der Waals surface area (Å²) in [5.41, 5.74) is 3.75. The first-order chi connectivity index (χ1) is 11.3. The molecule has 0 aliphatic carbocycles. The van der Waals surface area contributed by atoms with Gasteiger partial charge in [-0.15, -0.1) is 0 Å². The molecular weight excluding hydrogens is 290 g/mol. The van der Waals surface area contributed by atoms with Gasteiger partial charge in [-0.3, -0.25) is 4.40 Å². The molecule has 5 nitrogen and oxygen atoms in total. The quantitative estimate of drug-likeness (QED) is 0.568. The van der Waals surface area contributed by atoms with Crippen molar-refractivity contribution in [3.05, 3.63) is 48.0 Å². The van der Waals surface area contributed by atoms with Crippen molar-refractivity contribution in [2.24, 2.45) is 0 Å². The summed E-state index contributed by atoms with van der Waals surface area (Å²) < 4.78 is 13.0. The molecule has 112 valence electrons. The highest BCUT2D eigenvalue weighted by atomic mass is 16.5. The number of hydrogen-bond acceptors (Lipinski definition) is 4. The summed E-state index contributed by atoms with van der Waals surface area (Å²) in [6, 6.07) is 15.6. The van der Waals surface area contributed by atoms with E-state index in [2.05, 4.69) is 11.1 Å². The molecule has 0 atom stereocenters. The zero-order chi connectivity index (χ0) is 16.0. The predicted octanol–water partition coefficient (Wildman–Crippen LogP) is 3.53. The SMILES string of the molecule is COc1ccc2cc(C#N)c3nc4ccccc4n3c2c1OC. The maximum absolute atomic E-state index is 9.49. The van der Waals surface area contributed by atoms with Crippen LogP contribution in [0.15, 0.2) is 42.5 Å². The Morgan fingerprint density at radius 3 is 2.65 bits per heavy atom. The molecule has 0 saturated carbocycles. The Morgan fingerprint density at radius 2 is 1.91 bits per heavy atom. The molecule has 0 bridgehead atoms. The van der Waals surface area contributed by atoms with Gasteiger partial charge in [-0.25, -0.2) is 4.98 Å². The number of aromatic nitrogens is 2. The highest BCUT2D eigenvalue weighted by Crippen LogP contribution is 2.38. The van der Waals surface area contributed by atoms with E-state index >= 15 is 0 Å². The first-order valence-corrected chi connectivity index (χ1v) is 7.13. The standard InChI is InChI=1S/C18H13N3O2/c1-22-15-8-7-11-9-12(10-19)18-20-13-5-3-4-6-14(13)21(18)16(11)17(15)23-2/h3-9H,1-2H3.